The summed E-state index contributed by atoms with van der Waals surface area (Å²) >= 11 is 0. The summed E-state index contributed by atoms with van der Waals surface area (Å²) in [6.07, 6.45) is 0.912. The molecule has 0 atom stereocenters. The molecule has 0 aromatic heterocycles. The van der Waals surface area contributed by atoms with E-state index in [1.807, 2.05) is 6.92 Å². The Balaban J connectivity index is 2.06. The van der Waals surface area contributed by atoms with Crippen molar-refractivity contribution in [1.82, 2.24) is 10.2 Å². The first-order valence-electron chi connectivity index (χ1n) is 4.49. The zero-order valence-electron chi connectivity index (χ0n) is 7.92. The Morgan fingerprint density at radius 1 is 1.77 bits per heavy atom. The molecule has 1 aliphatic rings. The summed E-state index contributed by atoms with van der Waals surface area (Å²) in [7, 11) is 0. The number of urea groups is 1. The molecule has 0 aromatic carbocycles. The van der Waals surface area contributed by atoms with Gasteiger partial charge in [0.1, 0.15) is 0 Å². The summed E-state index contributed by atoms with van der Waals surface area (Å²) < 4.78 is 0. The van der Waals surface area contributed by atoms with Crippen molar-refractivity contribution >= 4 is 11.9 Å². The molecule has 5 nitrogen and oxygen atoms in total. The Labute approximate surface area is 78.0 Å². The van der Waals surface area contributed by atoms with Gasteiger partial charge in [0, 0.05) is 19.6 Å². The molecule has 2 amide bonds. The summed E-state index contributed by atoms with van der Waals surface area (Å²) in [5, 5.41) is 2.56. The van der Waals surface area contributed by atoms with Crippen molar-refractivity contribution in [1.29, 1.82) is 0 Å². The number of hydrogen-bond acceptors (Lipinski definition) is 3. The van der Waals surface area contributed by atoms with Gasteiger partial charge in [-0.25, -0.2) is 4.79 Å². The number of amidine groups is 1. The molecule has 3 N–H and O–H groups in total. The van der Waals surface area contributed by atoms with Crippen LogP contribution in [0.15, 0.2) is 4.99 Å². The first kappa shape index (κ1) is 9.83. The lowest BCUT2D eigenvalue weighted by Crippen LogP contribution is -2.33. The van der Waals surface area contributed by atoms with Crippen LogP contribution in [0, 0.1) is 0 Å². The molecule has 0 saturated heterocycles. The number of rotatable bonds is 4. The summed E-state index contributed by atoms with van der Waals surface area (Å²) in [4.78, 5) is 16.8. The predicted molar refractivity (Wildman–Crippen MR) is 51.8 cm³/mol. The molecule has 13 heavy (non-hydrogen) atoms. The highest BCUT2D eigenvalue weighted by molar-refractivity contribution is 5.81. The topological polar surface area (TPSA) is 70.7 Å². The monoisotopic (exact) mass is 184 g/mol. The van der Waals surface area contributed by atoms with Gasteiger partial charge in [-0.05, 0) is 13.3 Å². The Morgan fingerprint density at radius 2 is 2.54 bits per heavy atom. The Hall–Kier alpha value is -1.26. The van der Waals surface area contributed by atoms with E-state index in [2.05, 4.69) is 15.2 Å². The maximum Gasteiger partial charge on any atom is 0.312 e. The molecule has 0 fully saturated rings. The van der Waals surface area contributed by atoms with Gasteiger partial charge in [-0.2, -0.15) is 0 Å². The van der Waals surface area contributed by atoms with Crippen molar-refractivity contribution in [2.45, 2.75) is 13.3 Å². The van der Waals surface area contributed by atoms with Crippen LogP contribution in [0.25, 0.3) is 0 Å². The average Bonchev–Trinajstić information content (AvgIpc) is 2.45. The van der Waals surface area contributed by atoms with Crippen LogP contribution in [0.3, 0.4) is 0 Å². The van der Waals surface area contributed by atoms with Crippen LogP contribution in [0.1, 0.15) is 13.3 Å². The van der Waals surface area contributed by atoms with E-state index in [9.17, 15) is 4.79 Å². The number of nitrogens with two attached hydrogens (primary N) is 1. The number of hydrogen-bond donors (Lipinski definition) is 2. The maximum atomic E-state index is 10.3. The molecule has 1 rings (SSSR count). The van der Waals surface area contributed by atoms with Crippen molar-refractivity contribution in [3.05, 3.63) is 0 Å². The highest BCUT2D eigenvalue weighted by atomic mass is 16.2. The van der Waals surface area contributed by atoms with Crippen molar-refractivity contribution in [2.75, 3.05) is 26.2 Å². The number of amides is 2. The predicted octanol–water partition coefficient (Wildman–Crippen LogP) is -0.221. The van der Waals surface area contributed by atoms with E-state index in [4.69, 9.17) is 5.73 Å². The second-order valence-corrected chi connectivity index (χ2v) is 3.06. The van der Waals surface area contributed by atoms with Gasteiger partial charge in [0.2, 0.25) is 0 Å². The van der Waals surface area contributed by atoms with Crippen LogP contribution in [-0.4, -0.2) is 42.9 Å². The molecule has 5 heteroatoms. The maximum absolute atomic E-state index is 10.3. The summed E-state index contributed by atoms with van der Waals surface area (Å²) in [5.41, 5.74) is 4.93. The smallest absolute Gasteiger partial charge is 0.312 e. The number of primary amides is 1. The van der Waals surface area contributed by atoms with Gasteiger partial charge in [0.15, 0.2) is 0 Å². The molecular weight excluding hydrogens is 168 g/mol. The third-order valence-electron chi connectivity index (χ3n) is 2.07. The number of carbonyl (C=O) groups is 1. The minimum atomic E-state index is -0.452. The minimum absolute atomic E-state index is 0.452. The average molecular weight is 184 g/mol. The van der Waals surface area contributed by atoms with Crippen LogP contribution in [0.5, 0.6) is 0 Å². The number of aliphatic imine (C=N–C) groups is 1. The third kappa shape index (κ3) is 3.31. The van der Waals surface area contributed by atoms with Crippen LogP contribution in [0.4, 0.5) is 4.79 Å². The fourth-order valence-corrected chi connectivity index (χ4v) is 1.35. The van der Waals surface area contributed by atoms with Crippen molar-refractivity contribution < 1.29 is 4.79 Å². The summed E-state index contributed by atoms with van der Waals surface area (Å²) in [6.45, 7) is 5.49. The van der Waals surface area contributed by atoms with Crippen molar-refractivity contribution in [2.24, 2.45) is 10.7 Å². The zero-order valence-corrected chi connectivity index (χ0v) is 7.92. The lowest BCUT2D eigenvalue weighted by molar-refractivity contribution is 0.248. The van der Waals surface area contributed by atoms with Gasteiger partial charge in [0.05, 0.1) is 12.4 Å². The Bertz CT molecular complexity index is 214. The molecule has 0 saturated carbocycles. The largest absolute Gasteiger partial charge is 0.359 e. The summed E-state index contributed by atoms with van der Waals surface area (Å²) in [5.74, 6) is 1.10. The molecule has 0 aromatic rings. The van der Waals surface area contributed by atoms with Gasteiger partial charge in [-0.3, -0.25) is 4.99 Å². The molecule has 1 aliphatic heterocycles. The molecular formula is C8H16N4O. The fraction of sp³-hybridized carbons (Fsp3) is 0.750. The Kier molecular flexibility index (Phi) is 3.54. The van der Waals surface area contributed by atoms with Gasteiger partial charge in [0.25, 0.3) is 0 Å². The SMILES string of the molecule is CC1=NCCN1CCCNC(N)=O. The van der Waals surface area contributed by atoms with E-state index in [-0.39, 0.29) is 0 Å². The third-order valence-corrected chi connectivity index (χ3v) is 2.07. The first-order valence-corrected chi connectivity index (χ1v) is 4.49. The van der Waals surface area contributed by atoms with Gasteiger partial charge in [-0.15, -0.1) is 0 Å². The van der Waals surface area contributed by atoms with E-state index in [1.54, 1.807) is 0 Å². The van der Waals surface area contributed by atoms with E-state index in [0.29, 0.717) is 6.54 Å². The zero-order chi connectivity index (χ0) is 9.68. The van der Waals surface area contributed by atoms with Gasteiger partial charge < -0.3 is 16.0 Å². The number of nitrogens with zero attached hydrogens (tertiary/aromatic N) is 2. The van der Waals surface area contributed by atoms with Crippen molar-refractivity contribution in [3.63, 3.8) is 0 Å². The lowest BCUT2D eigenvalue weighted by atomic mass is 10.3. The molecule has 0 radical (unpaired) electrons. The highest BCUT2D eigenvalue weighted by Gasteiger charge is 2.10. The van der Waals surface area contributed by atoms with Gasteiger partial charge >= 0.3 is 6.03 Å². The molecule has 0 bridgehead atoms. The lowest BCUT2D eigenvalue weighted by Gasteiger charge is -2.17. The Morgan fingerprint density at radius 3 is 3.08 bits per heavy atom. The minimum Gasteiger partial charge on any atom is -0.359 e. The van der Waals surface area contributed by atoms with E-state index < -0.39 is 6.03 Å². The second kappa shape index (κ2) is 4.69. The summed E-state index contributed by atoms with van der Waals surface area (Å²) in [6, 6.07) is -0.452. The first-order chi connectivity index (χ1) is 6.20. The molecule has 0 unspecified atom stereocenters. The molecule has 74 valence electrons. The molecule has 0 spiro atoms. The highest BCUT2D eigenvalue weighted by Crippen LogP contribution is 2.00. The quantitative estimate of drug-likeness (QED) is 0.593. The standard InChI is InChI=1S/C8H16N4O/c1-7-10-4-6-12(7)5-2-3-11-8(9)13/h2-6H2,1H3,(H3,9,11,13). The number of carbonyl (C=O) groups excluding carboxylic acids is 1. The van der Waals surface area contributed by atoms with Crippen LogP contribution in [-0.2, 0) is 0 Å². The van der Waals surface area contributed by atoms with Gasteiger partial charge in [-0.1, -0.05) is 0 Å². The fourth-order valence-electron chi connectivity index (χ4n) is 1.35. The van der Waals surface area contributed by atoms with Crippen molar-refractivity contribution in [3.8, 4) is 0 Å². The van der Waals surface area contributed by atoms with E-state index in [0.717, 1.165) is 31.9 Å². The van der Waals surface area contributed by atoms with E-state index in [1.165, 1.54) is 0 Å². The molecule has 1 heterocycles. The van der Waals surface area contributed by atoms with E-state index >= 15 is 0 Å². The second-order valence-electron chi connectivity index (χ2n) is 3.06. The van der Waals surface area contributed by atoms with Crippen LogP contribution >= 0.6 is 0 Å². The normalized spacial score (nSPS) is 15.8. The molecule has 0 aliphatic carbocycles. The van der Waals surface area contributed by atoms with Crippen LogP contribution in [0.2, 0.25) is 0 Å². The van der Waals surface area contributed by atoms with Crippen LogP contribution < -0.4 is 11.1 Å². The number of nitrogens with one attached hydrogen (secondary N) is 1.